The maximum atomic E-state index is 12.3. The molecule has 6 nitrogen and oxygen atoms in total. The highest BCUT2D eigenvalue weighted by molar-refractivity contribution is 5.93. The zero-order valence-corrected chi connectivity index (χ0v) is 11.4. The van der Waals surface area contributed by atoms with Gasteiger partial charge in [0.1, 0.15) is 5.56 Å². The molecule has 2 rings (SSSR count). The number of aryl methyl sites for hydroxylation is 1. The normalized spacial score (nSPS) is 16.1. The molecule has 1 fully saturated rings. The summed E-state index contributed by atoms with van der Waals surface area (Å²) >= 11 is 0. The van der Waals surface area contributed by atoms with E-state index in [2.05, 4.69) is 4.98 Å². The first-order valence-electron chi connectivity index (χ1n) is 6.68. The zero-order chi connectivity index (χ0) is 14.7. The van der Waals surface area contributed by atoms with Crippen molar-refractivity contribution in [1.29, 1.82) is 0 Å². The van der Waals surface area contributed by atoms with E-state index < -0.39 is 5.97 Å². The number of aromatic nitrogens is 1. The average Bonchev–Trinajstić information content (AvgIpc) is 2.38. The van der Waals surface area contributed by atoms with E-state index in [0.29, 0.717) is 31.6 Å². The monoisotopic (exact) mass is 278 g/mol. The zero-order valence-electron chi connectivity index (χ0n) is 11.4. The highest BCUT2D eigenvalue weighted by Gasteiger charge is 2.26. The number of carbonyl (C=O) groups excluding carboxylic acids is 1. The van der Waals surface area contributed by atoms with Gasteiger partial charge in [0.05, 0.1) is 0 Å². The smallest absolute Gasteiger partial charge is 0.303 e. The van der Waals surface area contributed by atoms with Crippen molar-refractivity contribution in [2.75, 3.05) is 13.1 Å². The highest BCUT2D eigenvalue weighted by atomic mass is 16.4. The number of pyridine rings is 1. The summed E-state index contributed by atoms with van der Waals surface area (Å²) in [5, 5.41) is 8.76. The molecule has 20 heavy (non-hydrogen) atoms. The molecule has 0 aliphatic carbocycles. The van der Waals surface area contributed by atoms with Gasteiger partial charge in [-0.3, -0.25) is 14.4 Å². The van der Waals surface area contributed by atoms with Crippen LogP contribution in [0.25, 0.3) is 0 Å². The second-order valence-electron chi connectivity index (χ2n) is 5.22. The highest BCUT2D eigenvalue weighted by Crippen LogP contribution is 2.21. The van der Waals surface area contributed by atoms with Crippen LogP contribution in [0.4, 0.5) is 0 Å². The number of hydrogen-bond acceptors (Lipinski definition) is 3. The Morgan fingerprint density at radius 1 is 1.35 bits per heavy atom. The molecule has 2 N–H and O–H groups in total. The molecule has 0 saturated carbocycles. The van der Waals surface area contributed by atoms with Crippen LogP contribution in [-0.4, -0.2) is 40.0 Å². The summed E-state index contributed by atoms with van der Waals surface area (Å²) in [6, 6.07) is 3.24. The molecule has 0 bridgehead atoms. The number of H-pyrrole nitrogens is 1. The van der Waals surface area contributed by atoms with Gasteiger partial charge in [0.25, 0.3) is 11.5 Å². The first kappa shape index (κ1) is 14.3. The summed E-state index contributed by atoms with van der Waals surface area (Å²) in [5.41, 5.74) is 0.488. The van der Waals surface area contributed by atoms with Gasteiger partial charge < -0.3 is 15.0 Å². The number of aliphatic carboxylic acids is 1. The lowest BCUT2D eigenvalue weighted by atomic mass is 9.93. The van der Waals surface area contributed by atoms with E-state index in [1.165, 1.54) is 0 Å². The predicted molar refractivity (Wildman–Crippen MR) is 72.7 cm³/mol. The predicted octanol–water partition coefficient (Wildman–Crippen LogP) is 1.01. The van der Waals surface area contributed by atoms with Crippen LogP contribution in [0.3, 0.4) is 0 Å². The maximum absolute atomic E-state index is 12.3. The number of piperidine rings is 1. The lowest BCUT2D eigenvalue weighted by molar-refractivity contribution is -0.138. The SMILES string of the molecule is Cc1ccc(C(=O)N2CCC(CC(=O)O)CC2)c(=O)[nH]1. The topological polar surface area (TPSA) is 90.5 Å². The number of carboxylic acids is 1. The molecule has 108 valence electrons. The molecule has 0 unspecified atom stereocenters. The Morgan fingerprint density at radius 3 is 2.55 bits per heavy atom. The van der Waals surface area contributed by atoms with Gasteiger partial charge in [-0.1, -0.05) is 0 Å². The molecule has 1 aliphatic rings. The quantitative estimate of drug-likeness (QED) is 0.863. The van der Waals surface area contributed by atoms with Crippen molar-refractivity contribution < 1.29 is 14.7 Å². The molecule has 1 aliphatic heterocycles. The van der Waals surface area contributed by atoms with E-state index >= 15 is 0 Å². The molecule has 1 saturated heterocycles. The lowest BCUT2D eigenvalue weighted by Gasteiger charge is -2.31. The summed E-state index contributed by atoms with van der Waals surface area (Å²) in [5.74, 6) is -0.961. The van der Waals surface area contributed by atoms with E-state index in [4.69, 9.17) is 5.11 Å². The minimum atomic E-state index is -0.801. The van der Waals surface area contributed by atoms with Crippen molar-refractivity contribution in [3.63, 3.8) is 0 Å². The Hall–Kier alpha value is -2.11. The third-order valence-corrected chi connectivity index (χ3v) is 3.65. The maximum Gasteiger partial charge on any atom is 0.303 e. The van der Waals surface area contributed by atoms with Gasteiger partial charge in [0, 0.05) is 25.2 Å². The van der Waals surface area contributed by atoms with E-state index in [1.807, 2.05) is 0 Å². The first-order chi connectivity index (χ1) is 9.47. The molecular weight excluding hydrogens is 260 g/mol. The van der Waals surface area contributed by atoms with Gasteiger partial charge in [-0.05, 0) is 37.8 Å². The van der Waals surface area contributed by atoms with Crippen LogP contribution in [0.2, 0.25) is 0 Å². The van der Waals surface area contributed by atoms with Gasteiger partial charge in [-0.25, -0.2) is 0 Å². The summed E-state index contributed by atoms with van der Waals surface area (Å²) in [6.45, 7) is 2.77. The van der Waals surface area contributed by atoms with Crippen LogP contribution < -0.4 is 5.56 Å². The molecule has 6 heteroatoms. The molecule has 1 amide bonds. The summed E-state index contributed by atoms with van der Waals surface area (Å²) in [6.07, 6.45) is 1.48. The number of carbonyl (C=O) groups is 2. The van der Waals surface area contributed by atoms with Crippen molar-refractivity contribution in [2.45, 2.75) is 26.2 Å². The largest absolute Gasteiger partial charge is 0.481 e. The Labute approximate surface area is 116 Å². The molecule has 0 radical (unpaired) electrons. The Bertz CT molecular complexity index is 571. The van der Waals surface area contributed by atoms with Crippen molar-refractivity contribution >= 4 is 11.9 Å². The standard InChI is InChI=1S/C14H18N2O4/c1-9-2-3-11(13(19)15-9)14(20)16-6-4-10(5-7-16)8-12(17)18/h2-3,10H,4-8H2,1H3,(H,15,19)(H,17,18). The second-order valence-corrected chi connectivity index (χ2v) is 5.22. The van der Waals surface area contributed by atoms with E-state index in [9.17, 15) is 14.4 Å². The fourth-order valence-electron chi connectivity index (χ4n) is 2.50. The second kappa shape index (κ2) is 5.90. The number of carboxylic acid groups (broad SMARTS) is 1. The van der Waals surface area contributed by atoms with Crippen molar-refractivity contribution in [1.82, 2.24) is 9.88 Å². The van der Waals surface area contributed by atoms with Crippen LogP contribution in [0.5, 0.6) is 0 Å². The molecule has 1 aromatic heterocycles. The number of aromatic amines is 1. The number of likely N-dealkylation sites (tertiary alicyclic amines) is 1. The number of hydrogen-bond donors (Lipinski definition) is 2. The van der Waals surface area contributed by atoms with Gasteiger partial charge >= 0.3 is 5.97 Å². The number of rotatable bonds is 3. The third kappa shape index (κ3) is 3.26. The summed E-state index contributed by atoms with van der Waals surface area (Å²) in [7, 11) is 0. The van der Waals surface area contributed by atoms with Crippen molar-refractivity contribution in [3.05, 3.63) is 33.7 Å². The van der Waals surface area contributed by atoms with Crippen LogP contribution >= 0.6 is 0 Å². The molecule has 0 spiro atoms. The minimum absolute atomic E-state index is 0.118. The van der Waals surface area contributed by atoms with Crippen molar-refractivity contribution in [2.24, 2.45) is 5.92 Å². The van der Waals surface area contributed by atoms with Crippen molar-refractivity contribution in [3.8, 4) is 0 Å². The van der Waals surface area contributed by atoms with Gasteiger partial charge in [-0.2, -0.15) is 0 Å². The van der Waals surface area contributed by atoms with Crippen LogP contribution in [0.1, 0.15) is 35.3 Å². The summed E-state index contributed by atoms with van der Waals surface area (Å²) in [4.78, 5) is 38.9. The van der Waals surface area contributed by atoms with Gasteiger partial charge in [0.15, 0.2) is 0 Å². The van der Waals surface area contributed by atoms with Crippen LogP contribution in [0, 0.1) is 12.8 Å². The Kier molecular flexibility index (Phi) is 4.22. The number of nitrogens with zero attached hydrogens (tertiary/aromatic N) is 1. The lowest BCUT2D eigenvalue weighted by Crippen LogP contribution is -2.41. The van der Waals surface area contributed by atoms with E-state index in [0.717, 1.165) is 0 Å². The molecule has 2 heterocycles. The number of nitrogens with one attached hydrogen (secondary N) is 1. The molecule has 0 atom stereocenters. The average molecular weight is 278 g/mol. The van der Waals surface area contributed by atoms with Gasteiger partial charge in [0.2, 0.25) is 0 Å². The Morgan fingerprint density at radius 2 is 2.00 bits per heavy atom. The Balaban J connectivity index is 2.01. The van der Waals surface area contributed by atoms with E-state index in [1.54, 1.807) is 24.0 Å². The summed E-state index contributed by atoms with van der Waals surface area (Å²) < 4.78 is 0. The van der Waals surface area contributed by atoms with E-state index in [-0.39, 0.29) is 29.4 Å². The van der Waals surface area contributed by atoms with Crippen LogP contribution in [0.15, 0.2) is 16.9 Å². The fourth-order valence-corrected chi connectivity index (χ4v) is 2.50. The molecule has 1 aromatic rings. The third-order valence-electron chi connectivity index (χ3n) is 3.65. The first-order valence-corrected chi connectivity index (χ1v) is 6.68. The number of amides is 1. The molecular formula is C14H18N2O4. The van der Waals surface area contributed by atoms with Gasteiger partial charge in [-0.15, -0.1) is 0 Å². The fraction of sp³-hybridized carbons (Fsp3) is 0.500. The van der Waals surface area contributed by atoms with Crippen LogP contribution in [-0.2, 0) is 4.79 Å². The minimum Gasteiger partial charge on any atom is -0.481 e. The molecule has 0 aromatic carbocycles.